The molecule has 1 heterocycles. The first-order chi connectivity index (χ1) is 6.36. The van der Waals surface area contributed by atoms with Crippen molar-refractivity contribution in [3.63, 3.8) is 0 Å². The van der Waals surface area contributed by atoms with Gasteiger partial charge >= 0.3 is 0 Å². The molecule has 1 aromatic rings. The number of benzene rings is 1. The van der Waals surface area contributed by atoms with Crippen molar-refractivity contribution in [3.05, 3.63) is 23.8 Å². The molecule has 0 saturated carbocycles. The Kier molecular flexibility index (Phi) is 2.10. The third-order valence-corrected chi connectivity index (χ3v) is 2.12. The maximum atomic E-state index is 5.23. The zero-order chi connectivity index (χ0) is 9.26. The van der Waals surface area contributed by atoms with E-state index in [0.717, 1.165) is 23.7 Å². The van der Waals surface area contributed by atoms with E-state index in [0.29, 0.717) is 0 Å². The number of hydrogen-bond acceptors (Lipinski definition) is 3. The Labute approximate surface area is 77.2 Å². The van der Waals surface area contributed by atoms with Gasteiger partial charge in [0, 0.05) is 0 Å². The Morgan fingerprint density at radius 2 is 1.77 bits per heavy atom. The Morgan fingerprint density at radius 3 is 2.15 bits per heavy atom. The molecule has 0 unspecified atom stereocenters. The van der Waals surface area contributed by atoms with E-state index >= 15 is 0 Å². The van der Waals surface area contributed by atoms with Crippen molar-refractivity contribution in [2.45, 2.75) is 6.10 Å². The van der Waals surface area contributed by atoms with E-state index in [9.17, 15) is 0 Å². The molecule has 0 bridgehead atoms. The van der Waals surface area contributed by atoms with Crippen LogP contribution in [0.3, 0.4) is 0 Å². The van der Waals surface area contributed by atoms with Gasteiger partial charge in [0.2, 0.25) is 0 Å². The lowest BCUT2D eigenvalue weighted by molar-refractivity contribution is 0.359. The molecule has 1 aromatic carbocycles. The summed E-state index contributed by atoms with van der Waals surface area (Å²) >= 11 is 0. The number of epoxide rings is 1. The molecule has 1 fully saturated rings. The van der Waals surface area contributed by atoms with Gasteiger partial charge in [0.05, 0.1) is 26.4 Å². The van der Waals surface area contributed by atoms with Crippen LogP contribution in [0.25, 0.3) is 0 Å². The van der Waals surface area contributed by atoms with Gasteiger partial charge in [-0.05, 0) is 12.1 Å². The monoisotopic (exact) mass is 180 g/mol. The van der Waals surface area contributed by atoms with E-state index < -0.39 is 0 Å². The van der Waals surface area contributed by atoms with Crippen molar-refractivity contribution in [1.29, 1.82) is 0 Å². The molecular formula is C10H12O3. The minimum absolute atomic E-state index is 0.158. The Morgan fingerprint density at radius 1 is 1.23 bits per heavy atom. The molecule has 0 aromatic heterocycles. The van der Waals surface area contributed by atoms with Gasteiger partial charge in [-0.25, -0.2) is 0 Å². The summed E-state index contributed by atoms with van der Waals surface area (Å²) in [4.78, 5) is 0. The summed E-state index contributed by atoms with van der Waals surface area (Å²) in [5, 5.41) is 0. The van der Waals surface area contributed by atoms with E-state index in [-0.39, 0.29) is 6.10 Å². The van der Waals surface area contributed by atoms with Crippen LogP contribution in [0.1, 0.15) is 11.7 Å². The van der Waals surface area contributed by atoms with Gasteiger partial charge in [-0.1, -0.05) is 6.07 Å². The fourth-order valence-corrected chi connectivity index (χ4v) is 1.41. The smallest absolute Gasteiger partial charge is 0.128 e. The summed E-state index contributed by atoms with van der Waals surface area (Å²) in [6.07, 6.45) is 0.158. The van der Waals surface area contributed by atoms with Gasteiger partial charge in [-0.15, -0.1) is 0 Å². The van der Waals surface area contributed by atoms with Gasteiger partial charge in [0.15, 0.2) is 0 Å². The van der Waals surface area contributed by atoms with Crippen molar-refractivity contribution in [2.24, 2.45) is 0 Å². The van der Waals surface area contributed by atoms with Crippen LogP contribution in [0.2, 0.25) is 0 Å². The second-order valence-electron chi connectivity index (χ2n) is 2.90. The predicted molar refractivity (Wildman–Crippen MR) is 48.2 cm³/mol. The first-order valence-corrected chi connectivity index (χ1v) is 4.19. The van der Waals surface area contributed by atoms with Gasteiger partial charge in [-0.2, -0.15) is 0 Å². The summed E-state index contributed by atoms with van der Waals surface area (Å²) in [7, 11) is 3.31. The summed E-state index contributed by atoms with van der Waals surface area (Å²) in [5.74, 6) is 1.67. The molecule has 0 radical (unpaired) electrons. The number of ether oxygens (including phenoxy) is 3. The molecule has 0 amide bonds. The van der Waals surface area contributed by atoms with Crippen LogP contribution in [0.5, 0.6) is 11.5 Å². The molecular weight excluding hydrogens is 168 g/mol. The van der Waals surface area contributed by atoms with Gasteiger partial charge in [-0.3, -0.25) is 0 Å². The topological polar surface area (TPSA) is 31.0 Å². The van der Waals surface area contributed by atoms with Crippen molar-refractivity contribution in [1.82, 2.24) is 0 Å². The molecule has 70 valence electrons. The molecule has 3 nitrogen and oxygen atoms in total. The predicted octanol–water partition coefficient (Wildman–Crippen LogP) is 1.78. The highest BCUT2D eigenvalue weighted by Crippen LogP contribution is 2.41. The Bertz CT molecular complexity index is 283. The third kappa shape index (κ3) is 1.47. The van der Waals surface area contributed by atoms with Crippen LogP contribution < -0.4 is 9.47 Å². The minimum Gasteiger partial charge on any atom is -0.496 e. The Balaban J connectivity index is 2.44. The fraction of sp³-hybridized carbons (Fsp3) is 0.400. The van der Waals surface area contributed by atoms with Gasteiger partial charge in [0.25, 0.3) is 0 Å². The van der Waals surface area contributed by atoms with Crippen LogP contribution in [-0.2, 0) is 4.74 Å². The maximum Gasteiger partial charge on any atom is 0.128 e. The summed E-state index contributed by atoms with van der Waals surface area (Å²) < 4.78 is 15.7. The van der Waals surface area contributed by atoms with Crippen LogP contribution in [-0.4, -0.2) is 20.8 Å². The quantitative estimate of drug-likeness (QED) is 0.664. The first-order valence-electron chi connectivity index (χ1n) is 4.19. The average molecular weight is 180 g/mol. The normalized spacial score (nSPS) is 19.7. The lowest BCUT2D eigenvalue weighted by atomic mass is 10.1. The van der Waals surface area contributed by atoms with Crippen molar-refractivity contribution < 1.29 is 14.2 Å². The molecule has 1 saturated heterocycles. The lowest BCUT2D eigenvalue weighted by Gasteiger charge is -2.10. The first kappa shape index (κ1) is 8.38. The Hall–Kier alpha value is -1.22. The van der Waals surface area contributed by atoms with Gasteiger partial charge in [0.1, 0.15) is 17.6 Å². The molecule has 0 spiro atoms. The zero-order valence-electron chi connectivity index (χ0n) is 7.74. The van der Waals surface area contributed by atoms with E-state index in [4.69, 9.17) is 14.2 Å². The fourth-order valence-electron chi connectivity index (χ4n) is 1.41. The summed E-state index contributed by atoms with van der Waals surface area (Å²) in [6.45, 7) is 0.761. The molecule has 2 rings (SSSR count). The van der Waals surface area contributed by atoms with Crippen molar-refractivity contribution in [2.75, 3.05) is 20.8 Å². The van der Waals surface area contributed by atoms with Crippen LogP contribution in [0.4, 0.5) is 0 Å². The molecule has 1 atom stereocenters. The number of methoxy groups -OCH3 is 2. The van der Waals surface area contributed by atoms with E-state index in [1.165, 1.54) is 0 Å². The largest absolute Gasteiger partial charge is 0.496 e. The molecule has 1 aliphatic rings. The van der Waals surface area contributed by atoms with E-state index in [1.807, 2.05) is 18.2 Å². The minimum atomic E-state index is 0.158. The van der Waals surface area contributed by atoms with Gasteiger partial charge < -0.3 is 14.2 Å². The molecule has 1 aliphatic heterocycles. The molecule has 3 heteroatoms. The van der Waals surface area contributed by atoms with Crippen molar-refractivity contribution >= 4 is 0 Å². The molecule has 13 heavy (non-hydrogen) atoms. The second kappa shape index (κ2) is 3.26. The van der Waals surface area contributed by atoms with Crippen molar-refractivity contribution in [3.8, 4) is 11.5 Å². The van der Waals surface area contributed by atoms with E-state index in [2.05, 4.69) is 0 Å². The van der Waals surface area contributed by atoms with Crippen LogP contribution in [0.15, 0.2) is 18.2 Å². The highest BCUT2D eigenvalue weighted by Gasteiger charge is 2.31. The van der Waals surface area contributed by atoms with Crippen LogP contribution in [0, 0.1) is 0 Å². The number of rotatable bonds is 3. The second-order valence-corrected chi connectivity index (χ2v) is 2.90. The SMILES string of the molecule is COc1cccc(OC)c1[C@@H]1CO1. The van der Waals surface area contributed by atoms with E-state index in [1.54, 1.807) is 14.2 Å². The standard InChI is InChI=1S/C10H12O3/c1-11-7-4-3-5-8(12-2)10(7)9-6-13-9/h3-5,9H,6H2,1-2H3/t9-/m0/s1. The summed E-state index contributed by atoms with van der Waals surface area (Å²) in [5.41, 5.74) is 1.02. The summed E-state index contributed by atoms with van der Waals surface area (Å²) in [6, 6.07) is 5.74. The highest BCUT2D eigenvalue weighted by atomic mass is 16.6. The maximum absolute atomic E-state index is 5.23. The highest BCUT2D eigenvalue weighted by molar-refractivity contribution is 5.47. The molecule has 0 N–H and O–H groups in total. The lowest BCUT2D eigenvalue weighted by Crippen LogP contribution is -1.95. The third-order valence-electron chi connectivity index (χ3n) is 2.12. The van der Waals surface area contributed by atoms with Crippen LogP contribution >= 0.6 is 0 Å². The average Bonchev–Trinajstić information content (AvgIpc) is 3.00. The number of hydrogen-bond donors (Lipinski definition) is 0. The zero-order valence-corrected chi connectivity index (χ0v) is 7.74. The molecule has 0 aliphatic carbocycles.